The van der Waals surface area contributed by atoms with Gasteiger partial charge >= 0.3 is 0 Å². The molecule has 54 valence electrons. The molecule has 2 atom stereocenters. The Bertz CT molecular complexity index is 170. The number of hydrogen-bond acceptors (Lipinski definition) is 0. The van der Waals surface area contributed by atoms with E-state index >= 15 is 0 Å². The van der Waals surface area contributed by atoms with Crippen molar-refractivity contribution in [1.29, 1.82) is 0 Å². The quantitative estimate of drug-likeness (QED) is 0.447. The average Bonchev–Trinajstić information content (AvgIpc) is 2.05. The molecular weight excluding hydrogens is 120 g/mol. The number of fused-ring (bicyclic) bond motifs is 1. The minimum Gasteiger partial charge on any atom is -0.103 e. The first kappa shape index (κ1) is 6.28. The molecule has 0 spiro atoms. The molecule has 10 heavy (non-hydrogen) atoms. The summed E-state index contributed by atoms with van der Waals surface area (Å²) < 4.78 is 0. The Morgan fingerprint density at radius 2 is 1.90 bits per heavy atom. The van der Waals surface area contributed by atoms with Gasteiger partial charge in [-0.3, -0.25) is 0 Å². The molecule has 0 aromatic rings. The summed E-state index contributed by atoms with van der Waals surface area (Å²) in [5.74, 6) is 8.38. The predicted molar refractivity (Wildman–Crippen MR) is 42.5 cm³/mol. The van der Waals surface area contributed by atoms with Crippen LogP contribution in [0.4, 0.5) is 0 Å². The molecule has 0 amide bonds. The molecule has 0 aliphatic heterocycles. The SMILES string of the molecule is C1#CC2CCCCC2CC1. The van der Waals surface area contributed by atoms with Crippen LogP contribution in [0.25, 0.3) is 0 Å². The molecular formula is C10H14. The first-order chi connectivity index (χ1) is 4.97. The summed E-state index contributed by atoms with van der Waals surface area (Å²) in [7, 11) is 0. The van der Waals surface area contributed by atoms with Gasteiger partial charge in [0.1, 0.15) is 0 Å². The van der Waals surface area contributed by atoms with E-state index < -0.39 is 0 Å². The van der Waals surface area contributed by atoms with Crippen molar-refractivity contribution in [3.63, 3.8) is 0 Å². The standard InChI is InChI=1S/C10H14/c1-2-6-10-8-4-3-7-9(10)5-1/h9-10H,1-3,5-7H2. The molecule has 2 rings (SSSR count). The van der Waals surface area contributed by atoms with E-state index in [0.717, 1.165) is 11.8 Å². The molecule has 2 aliphatic carbocycles. The molecule has 0 heterocycles. The van der Waals surface area contributed by atoms with Crippen molar-refractivity contribution >= 4 is 0 Å². The molecule has 2 aliphatic rings. The number of hydrogen-bond donors (Lipinski definition) is 0. The van der Waals surface area contributed by atoms with Gasteiger partial charge in [0.2, 0.25) is 0 Å². The van der Waals surface area contributed by atoms with Gasteiger partial charge in [-0.25, -0.2) is 0 Å². The molecule has 0 nitrogen and oxygen atoms in total. The fraction of sp³-hybridized carbons (Fsp3) is 0.800. The average molecular weight is 134 g/mol. The lowest BCUT2D eigenvalue weighted by molar-refractivity contribution is 0.273. The normalized spacial score (nSPS) is 37.6. The van der Waals surface area contributed by atoms with Crippen LogP contribution in [-0.4, -0.2) is 0 Å². The third-order valence-electron chi connectivity index (χ3n) is 2.84. The zero-order valence-corrected chi connectivity index (χ0v) is 6.40. The van der Waals surface area contributed by atoms with Crippen molar-refractivity contribution in [3.8, 4) is 11.8 Å². The Labute approximate surface area is 63.0 Å². The van der Waals surface area contributed by atoms with Crippen LogP contribution in [0.3, 0.4) is 0 Å². The van der Waals surface area contributed by atoms with Gasteiger partial charge in [-0.1, -0.05) is 18.8 Å². The fourth-order valence-electron chi connectivity index (χ4n) is 2.20. The lowest BCUT2D eigenvalue weighted by Crippen LogP contribution is -2.19. The van der Waals surface area contributed by atoms with Crippen LogP contribution < -0.4 is 0 Å². The molecule has 0 N–H and O–H groups in total. The van der Waals surface area contributed by atoms with Gasteiger partial charge in [0.05, 0.1) is 0 Å². The lowest BCUT2D eigenvalue weighted by atomic mass is 9.75. The summed E-state index contributed by atoms with van der Waals surface area (Å²) in [6, 6.07) is 0. The zero-order valence-electron chi connectivity index (χ0n) is 6.40. The minimum atomic E-state index is 0.794. The Balaban J connectivity index is 2.07. The summed E-state index contributed by atoms with van der Waals surface area (Å²) in [5.41, 5.74) is 0. The van der Waals surface area contributed by atoms with E-state index in [1.807, 2.05) is 0 Å². The first-order valence-corrected chi connectivity index (χ1v) is 4.45. The minimum absolute atomic E-state index is 0.794. The molecule has 1 fully saturated rings. The summed E-state index contributed by atoms with van der Waals surface area (Å²) >= 11 is 0. The maximum Gasteiger partial charge on any atom is 0.0231 e. The van der Waals surface area contributed by atoms with E-state index in [0.29, 0.717) is 0 Å². The van der Waals surface area contributed by atoms with Crippen molar-refractivity contribution in [2.45, 2.75) is 38.5 Å². The molecule has 0 heteroatoms. The van der Waals surface area contributed by atoms with Crippen molar-refractivity contribution in [2.75, 3.05) is 0 Å². The van der Waals surface area contributed by atoms with Crippen LogP contribution in [0, 0.1) is 23.7 Å². The Kier molecular flexibility index (Phi) is 1.67. The van der Waals surface area contributed by atoms with Crippen LogP contribution in [-0.2, 0) is 0 Å². The van der Waals surface area contributed by atoms with Crippen molar-refractivity contribution < 1.29 is 0 Å². The first-order valence-electron chi connectivity index (χ1n) is 4.45. The summed E-state index contributed by atoms with van der Waals surface area (Å²) in [4.78, 5) is 0. The van der Waals surface area contributed by atoms with Crippen molar-refractivity contribution in [3.05, 3.63) is 0 Å². The topological polar surface area (TPSA) is 0 Å². The Hall–Kier alpha value is -0.440. The van der Waals surface area contributed by atoms with Crippen molar-refractivity contribution in [2.24, 2.45) is 11.8 Å². The highest BCUT2D eigenvalue weighted by Gasteiger charge is 2.24. The second-order valence-electron chi connectivity index (χ2n) is 3.51. The van der Waals surface area contributed by atoms with Crippen LogP contribution in [0.2, 0.25) is 0 Å². The van der Waals surface area contributed by atoms with Gasteiger partial charge in [0.25, 0.3) is 0 Å². The van der Waals surface area contributed by atoms with Gasteiger partial charge in [-0.15, -0.1) is 5.92 Å². The smallest absolute Gasteiger partial charge is 0.0231 e. The monoisotopic (exact) mass is 134 g/mol. The fourth-order valence-corrected chi connectivity index (χ4v) is 2.20. The highest BCUT2D eigenvalue weighted by Crippen LogP contribution is 2.34. The molecule has 0 saturated heterocycles. The molecule has 0 aromatic carbocycles. The summed E-state index contributed by atoms with van der Waals surface area (Å²) in [6.45, 7) is 0. The van der Waals surface area contributed by atoms with E-state index in [9.17, 15) is 0 Å². The van der Waals surface area contributed by atoms with E-state index in [-0.39, 0.29) is 0 Å². The summed E-state index contributed by atoms with van der Waals surface area (Å²) in [6.07, 6.45) is 8.29. The maximum absolute atomic E-state index is 3.37. The van der Waals surface area contributed by atoms with Gasteiger partial charge < -0.3 is 0 Å². The largest absolute Gasteiger partial charge is 0.103 e. The highest BCUT2D eigenvalue weighted by atomic mass is 14.3. The number of rotatable bonds is 0. The van der Waals surface area contributed by atoms with E-state index in [1.165, 1.54) is 38.5 Å². The zero-order chi connectivity index (χ0) is 6.81. The van der Waals surface area contributed by atoms with Crippen LogP contribution in [0.15, 0.2) is 0 Å². The molecule has 1 saturated carbocycles. The van der Waals surface area contributed by atoms with E-state index in [1.54, 1.807) is 0 Å². The van der Waals surface area contributed by atoms with Crippen LogP contribution >= 0.6 is 0 Å². The van der Waals surface area contributed by atoms with Gasteiger partial charge in [-0.05, 0) is 25.2 Å². The molecule has 0 radical (unpaired) electrons. The van der Waals surface area contributed by atoms with Crippen molar-refractivity contribution in [1.82, 2.24) is 0 Å². The Morgan fingerprint density at radius 1 is 1.00 bits per heavy atom. The molecule has 0 bridgehead atoms. The molecule has 2 unspecified atom stereocenters. The van der Waals surface area contributed by atoms with Gasteiger partial charge in [0.15, 0.2) is 0 Å². The Morgan fingerprint density at radius 3 is 2.80 bits per heavy atom. The lowest BCUT2D eigenvalue weighted by Gasteiger charge is -2.29. The van der Waals surface area contributed by atoms with Crippen LogP contribution in [0.5, 0.6) is 0 Å². The summed E-state index contributed by atoms with van der Waals surface area (Å²) in [5, 5.41) is 0. The highest BCUT2D eigenvalue weighted by molar-refractivity contribution is 5.10. The van der Waals surface area contributed by atoms with Gasteiger partial charge in [0, 0.05) is 12.3 Å². The van der Waals surface area contributed by atoms with Gasteiger partial charge in [-0.2, -0.15) is 0 Å². The van der Waals surface area contributed by atoms with E-state index in [2.05, 4.69) is 11.8 Å². The third-order valence-corrected chi connectivity index (χ3v) is 2.84. The van der Waals surface area contributed by atoms with E-state index in [4.69, 9.17) is 0 Å². The van der Waals surface area contributed by atoms with Crippen LogP contribution in [0.1, 0.15) is 38.5 Å². The maximum atomic E-state index is 3.37. The second kappa shape index (κ2) is 2.66. The second-order valence-corrected chi connectivity index (χ2v) is 3.51. The molecule has 0 aromatic heterocycles. The predicted octanol–water partition coefficient (Wildman–Crippen LogP) is 2.59. The third kappa shape index (κ3) is 1.06.